The van der Waals surface area contributed by atoms with E-state index < -0.39 is 15.6 Å². The summed E-state index contributed by atoms with van der Waals surface area (Å²) in [5.74, 6) is 0.779. The third-order valence-corrected chi connectivity index (χ3v) is 5.43. The second-order valence-electron chi connectivity index (χ2n) is 6.11. The van der Waals surface area contributed by atoms with E-state index in [1.54, 1.807) is 18.2 Å². The zero-order valence-corrected chi connectivity index (χ0v) is 14.6. The number of rotatable bonds is 6. The molecule has 122 valence electrons. The van der Waals surface area contributed by atoms with Crippen LogP contribution in [0.15, 0.2) is 23.1 Å². The van der Waals surface area contributed by atoms with Crippen LogP contribution >= 0.6 is 11.5 Å². The predicted molar refractivity (Wildman–Crippen MR) is 91.9 cm³/mol. The van der Waals surface area contributed by atoms with Crippen molar-refractivity contribution in [3.05, 3.63) is 18.2 Å². The van der Waals surface area contributed by atoms with Crippen LogP contribution < -0.4 is 15.8 Å². The number of nitrogens with two attached hydrogens (primary N) is 1. The van der Waals surface area contributed by atoms with Crippen molar-refractivity contribution in [2.45, 2.75) is 37.6 Å². The Labute approximate surface area is 135 Å². The zero-order valence-electron chi connectivity index (χ0n) is 13.0. The van der Waals surface area contributed by atoms with Crippen molar-refractivity contribution in [2.75, 3.05) is 18.4 Å². The van der Waals surface area contributed by atoms with Gasteiger partial charge in [-0.25, -0.2) is 13.1 Å². The molecule has 0 aliphatic rings. The van der Waals surface area contributed by atoms with Gasteiger partial charge in [0.1, 0.15) is 5.82 Å². The van der Waals surface area contributed by atoms with Gasteiger partial charge in [0.2, 0.25) is 10.0 Å². The van der Waals surface area contributed by atoms with Gasteiger partial charge in [-0.2, -0.15) is 4.37 Å². The van der Waals surface area contributed by atoms with Gasteiger partial charge in [0, 0.05) is 17.5 Å². The van der Waals surface area contributed by atoms with E-state index in [0.717, 1.165) is 28.9 Å². The highest BCUT2D eigenvalue weighted by atomic mass is 32.2. The molecule has 1 heterocycles. The lowest BCUT2D eigenvalue weighted by atomic mass is 10.1. The molecule has 2 aromatic rings. The normalized spacial score (nSPS) is 12.7. The highest BCUT2D eigenvalue weighted by molar-refractivity contribution is 7.89. The van der Waals surface area contributed by atoms with Crippen LogP contribution in [0.3, 0.4) is 0 Å². The van der Waals surface area contributed by atoms with Gasteiger partial charge >= 0.3 is 0 Å². The molecule has 8 heteroatoms. The molecule has 0 fully saturated rings. The molecule has 0 amide bonds. The van der Waals surface area contributed by atoms with Crippen molar-refractivity contribution in [3.8, 4) is 0 Å². The molecule has 2 rings (SSSR count). The van der Waals surface area contributed by atoms with Crippen molar-refractivity contribution in [2.24, 2.45) is 5.73 Å². The molecule has 0 radical (unpaired) electrons. The van der Waals surface area contributed by atoms with Gasteiger partial charge in [0.15, 0.2) is 0 Å². The molecule has 1 aromatic carbocycles. The van der Waals surface area contributed by atoms with Crippen LogP contribution in [-0.2, 0) is 10.0 Å². The molecule has 6 nitrogen and oxygen atoms in total. The summed E-state index contributed by atoms with van der Waals surface area (Å²) in [6.07, 6.45) is 0.862. The van der Waals surface area contributed by atoms with Crippen LogP contribution in [-0.4, -0.2) is 31.4 Å². The molecule has 0 atom stereocenters. The van der Waals surface area contributed by atoms with Crippen LogP contribution in [0.1, 0.15) is 27.2 Å². The Balaban J connectivity index is 2.29. The Morgan fingerprint density at radius 3 is 2.68 bits per heavy atom. The first kappa shape index (κ1) is 17.1. The Kier molecular flexibility index (Phi) is 5.06. The number of anilines is 1. The predicted octanol–water partition coefficient (Wildman–Crippen LogP) is 2.13. The average molecular weight is 342 g/mol. The summed E-state index contributed by atoms with van der Waals surface area (Å²) >= 11 is 1.28. The lowest BCUT2D eigenvalue weighted by molar-refractivity contribution is 0.491. The summed E-state index contributed by atoms with van der Waals surface area (Å²) in [5, 5.41) is 4.15. The number of sulfonamides is 1. The smallest absolute Gasteiger partial charge is 0.241 e. The first-order chi connectivity index (χ1) is 10.2. The van der Waals surface area contributed by atoms with Gasteiger partial charge < -0.3 is 11.1 Å². The third-order valence-electron chi connectivity index (χ3n) is 2.87. The summed E-state index contributed by atoms with van der Waals surface area (Å²) < 4.78 is 32.5. The van der Waals surface area contributed by atoms with Crippen molar-refractivity contribution in [3.63, 3.8) is 0 Å². The van der Waals surface area contributed by atoms with Crippen molar-refractivity contribution in [1.82, 2.24) is 9.10 Å². The van der Waals surface area contributed by atoms with Gasteiger partial charge in [-0.1, -0.05) is 0 Å². The highest BCUT2D eigenvalue weighted by Gasteiger charge is 2.22. The molecule has 0 saturated heterocycles. The molecule has 0 bridgehead atoms. The monoisotopic (exact) mass is 342 g/mol. The fourth-order valence-corrected chi connectivity index (χ4v) is 4.30. The fraction of sp³-hybridized carbons (Fsp3) is 0.500. The van der Waals surface area contributed by atoms with E-state index >= 15 is 0 Å². The molecular formula is C14H22N4O2S2. The van der Waals surface area contributed by atoms with Crippen LogP contribution in [0.5, 0.6) is 0 Å². The topological polar surface area (TPSA) is 97.1 Å². The molecule has 0 saturated carbocycles. The van der Waals surface area contributed by atoms with Gasteiger partial charge in [-0.3, -0.25) is 0 Å². The quantitative estimate of drug-likeness (QED) is 0.699. The standard InChI is InChI=1S/C14H22N4O2S2/c1-14(2,3)18-22(19,20)10-5-6-11-12(9-10)21-17-13(11)16-8-4-7-15/h5-6,9,18H,4,7-8,15H2,1-3H3,(H,16,17). The summed E-state index contributed by atoms with van der Waals surface area (Å²) in [5.41, 5.74) is 4.95. The van der Waals surface area contributed by atoms with Crippen LogP contribution in [0.4, 0.5) is 5.82 Å². The zero-order chi connectivity index (χ0) is 16.4. The van der Waals surface area contributed by atoms with Crippen molar-refractivity contribution < 1.29 is 8.42 Å². The van der Waals surface area contributed by atoms with Gasteiger partial charge in [-0.15, -0.1) is 0 Å². The Hall–Kier alpha value is -1.22. The molecule has 4 N–H and O–H groups in total. The Morgan fingerprint density at radius 2 is 2.05 bits per heavy atom. The SMILES string of the molecule is CC(C)(C)NS(=O)(=O)c1ccc2c(NCCCN)nsc2c1. The average Bonchev–Trinajstić information content (AvgIpc) is 2.79. The maximum Gasteiger partial charge on any atom is 0.241 e. The number of hydrogen-bond donors (Lipinski definition) is 3. The van der Waals surface area contributed by atoms with Gasteiger partial charge in [0.25, 0.3) is 0 Å². The number of aromatic nitrogens is 1. The van der Waals surface area contributed by atoms with E-state index in [-0.39, 0.29) is 4.90 Å². The molecule has 0 aliphatic carbocycles. The molecule has 22 heavy (non-hydrogen) atoms. The molecule has 0 unspecified atom stereocenters. The van der Waals surface area contributed by atoms with E-state index in [0.29, 0.717) is 6.54 Å². The maximum atomic E-state index is 12.4. The van der Waals surface area contributed by atoms with Gasteiger partial charge in [0.05, 0.1) is 9.60 Å². The lowest BCUT2D eigenvalue weighted by Gasteiger charge is -2.20. The second-order valence-corrected chi connectivity index (χ2v) is 8.60. The third kappa shape index (κ3) is 4.16. The fourth-order valence-electron chi connectivity index (χ4n) is 1.98. The minimum Gasteiger partial charge on any atom is -0.369 e. The number of benzene rings is 1. The number of nitrogens with zero attached hydrogens (tertiary/aromatic N) is 1. The number of fused-ring (bicyclic) bond motifs is 1. The molecule has 0 spiro atoms. The van der Waals surface area contributed by atoms with E-state index in [9.17, 15) is 8.42 Å². The lowest BCUT2D eigenvalue weighted by Crippen LogP contribution is -2.40. The van der Waals surface area contributed by atoms with E-state index in [4.69, 9.17) is 5.73 Å². The maximum absolute atomic E-state index is 12.4. The first-order valence-corrected chi connectivity index (χ1v) is 9.36. The van der Waals surface area contributed by atoms with Crippen molar-refractivity contribution >= 4 is 37.5 Å². The highest BCUT2D eigenvalue weighted by Crippen LogP contribution is 2.29. The van der Waals surface area contributed by atoms with Crippen LogP contribution in [0.2, 0.25) is 0 Å². The second kappa shape index (κ2) is 6.49. The van der Waals surface area contributed by atoms with E-state index in [1.807, 2.05) is 20.8 Å². The van der Waals surface area contributed by atoms with E-state index in [1.165, 1.54) is 11.5 Å². The summed E-state index contributed by atoms with van der Waals surface area (Å²) in [4.78, 5) is 0.257. The minimum absolute atomic E-state index is 0.257. The number of nitrogens with one attached hydrogen (secondary N) is 2. The van der Waals surface area contributed by atoms with E-state index in [2.05, 4.69) is 14.4 Å². The van der Waals surface area contributed by atoms with Gasteiger partial charge in [-0.05, 0) is 63.5 Å². The number of hydrogen-bond acceptors (Lipinski definition) is 6. The summed E-state index contributed by atoms with van der Waals surface area (Å²) in [6, 6.07) is 5.06. The van der Waals surface area contributed by atoms with Crippen molar-refractivity contribution in [1.29, 1.82) is 0 Å². The first-order valence-electron chi connectivity index (χ1n) is 7.10. The minimum atomic E-state index is -3.53. The Bertz CT molecular complexity index is 748. The van der Waals surface area contributed by atoms with Crippen LogP contribution in [0.25, 0.3) is 10.1 Å². The molecule has 0 aliphatic heterocycles. The summed E-state index contributed by atoms with van der Waals surface area (Å²) in [6.45, 7) is 6.82. The van der Waals surface area contributed by atoms with Crippen LogP contribution in [0, 0.1) is 0 Å². The molecular weight excluding hydrogens is 320 g/mol. The Morgan fingerprint density at radius 1 is 1.32 bits per heavy atom. The summed E-state index contributed by atoms with van der Waals surface area (Å²) in [7, 11) is -3.53. The largest absolute Gasteiger partial charge is 0.369 e. The molecule has 1 aromatic heterocycles.